The predicted molar refractivity (Wildman–Crippen MR) is 90.1 cm³/mol. The Labute approximate surface area is 135 Å². The van der Waals surface area contributed by atoms with Crippen LogP contribution < -0.4 is 5.73 Å². The van der Waals surface area contributed by atoms with Gasteiger partial charge in [0.05, 0.1) is 0 Å². The third kappa shape index (κ3) is 3.76. The van der Waals surface area contributed by atoms with Crippen molar-refractivity contribution in [1.82, 2.24) is 4.90 Å². The van der Waals surface area contributed by atoms with Gasteiger partial charge in [0.2, 0.25) is 0 Å². The molecule has 2 nitrogen and oxygen atoms in total. The van der Waals surface area contributed by atoms with E-state index < -0.39 is 0 Å². The fourth-order valence-electron chi connectivity index (χ4n) is 3.19. The molecule has 1 aliphatic carbocycles. The Hall–Kier alpha value is -0.0900. The van der Waals surface area contributed by atoms with Gasteiger partial charge in [-0.2, -0.15) is 0 Å². The fourth-order valence-corrected chi connectivity index (χ4v) is 4.14. The van der Waals surface area contributed by atoms with Crippen molar-refractivity contribution in [3.63, 3.8) is 0 Å². The van der Waals surface area contributed by atoms with E-state index in [4.69, 9.17) is 17.3 Å². The van der Waals surface area contributed by atoms with Crippen molar-refractivity contribution in [2.75, 3.05) is 13.6 Å². The molecule has 1 fully saturated rings. The molecule has 0 radical (unpaired) electrons. The summed E-state index contributed by atoms with van der Waals surface area (Å²) in [6.45, 7) is 2.98. The van der Waals surface area contributed by atoms with Crippen LogP contribution >= 0.6 is 27.5 Å². The summed E-state index contributed by atoms with van der Waals surface area (Å²) in [7, 11) is 2.21. The molecular formula is C16H24BrClN2. The minimum absolute atomic E-state index is 0.250. The van der Waals surface area contributed by atoms with Crippen LogP contribution in [0.4, 0.5) is 0 Å². The number of rotatable bonds is 4. The lowest BCUT2D eigenvalue weighted by atomic mass is 9.86. The SMILES string of the molecule is CC1CCC(N(C)C(CN)c2ccc(Cl)cc2Br)CC1. The highest BCUT2D eigenvalue weighted by Crippen LogP contribution is 2.34. The van der Waals surface area contributed by atoms with E-state index in [1.807, 2.05) is 12.1 Å². The molecule has 0 amide bonds. The quantitative estimate of drug-likeness (QED) is 0.850. The molecule has 1 atom stereocenters. The van der Waals surface area contributed by atoms with Gasteiger partial charge in [0.25, 0.3) is 0 Å². The van der Waals surface area contributed by atoms with E-state index in [1.165, 1.54) is 31.2 Å². The standard InChI is InChI=1S/C16H24BrClN2/c1-11-3-6-13(7-4-11)20(2)16(10-19)14-8-5-12(18)9-15(14)17/h5,8-9,11,13,16H,3-4,6-7,10,19H2,1-2H3. The first-order valence-electron chi connectivity index (χ1n) is 7.40. The molecule has 0 spiro atoms. The van der Waals surface area contributed by atoms with Crippen LogP contribution in [0.5, 0.6) is 0 Å². The Morgan fingerprint density at radius 1 is 1.35 bits per heavy atom. The number of halogens is 2. The van der Waals surface area contributed by atoms with Crippen molar-refractivity contribution in [3.8, 4) is 0 Å². The summed E-state index contributed by atoms with van der Waals surface area (Å²) in [6, 6.07) is 6.88. The van der Waals surface area contributed by atoms with Crippen molar-refractivity contribution in [3.05, 3.63) is 33.3 Å². The molecule has 1 aromatic rings. The summed E-state index contributed by atoms with van der Waals surface area (Å²) in [5.41, 5.74) is 7.29. The molecule has 112 valence electrons. The van der Waals surface area contributed by atoms with Crippen LogP contribution in [0.25, 0.3) is 0 Å². The Morgan fingerprint density at radius 3 is 2.55 bits per heavy atom. The van der Waals surface area contributed by atoms with E-state index >= 15 is 0 Å². The fraction of sp³-hybridized carbons (Fsp3) is 0.625. The number of hydrogen-bond donors (Lipinski definition) is 1. The maximum Gasteiger partial charge on any atom is 0.0481 e. The highest BCUT2D eigenvalue weighted by molar-refractivity contribution is 9.10. The smallest absolute Gasteiger partial charge is 0.0481 e. The highest BCUT2D eigenvalue weighted by atomic mass is 79.9. The third-order valence-corrected chi connectivity index (χ3v) is 5.52. The van der Waals surface area contributed by atoms with Gasteiger partial charge in [-0.15, -0.1) is 0 Å². The Morgan fingerprint density at radius 2 is 2.00 bits per heavy atom. The largest absolute Gasteiger partial charge is 0.329 e. The Bertz CT molecular complexity index is 444. The van der Waals surface area contributed by atoms with Crippen LogP contribution in [0.1, 0.15) is 44.2 Å². The molecule has 20 heavy (non-hydrogen) atoms. The summed E-state index contributed by atoms with van der Waals surface area (Å²) >= 11 is 9.66. The van der Waals surface area contributed by atoms with Crippen LogP contribution in [-0.4, -0.2) is 24.5 Å². The first kappa shape index (κ1) is 16.3. The van der Waals surface area contributed by atoms with Gasteiger partial charge in [0.15, 0.2) is 0 Å². The lowest BCUT2D eigenvalue weighted by Crippen LogP contribution is -2.40. The molecule has 0 saturated heterocycles. The van der Waals surface area contributed by atoms with Crippen molar-refractivity contribution in [1.29, 1.82) is 0 Å². The van der Waals surface area contributed by atoms with Crippen molar-refractivity contribution < 1.29 is 0 Å². The minimum atomic E-state index is 0.250. The van der Waals surface area contributed by atoms with Crippen molar-refractivity contribution in [2.24, 2.45) is 11.7 Å². The lowest BCUT2D eigenvalue weighted by molar-refractivity contribution is 0.126. The van der Waals surface area contributed by atoms with Crippen LogP contribution in [0.15, 0.2) is 22.7 Å². The molecule has 1 aromatic carbocycles. The number of nitrogens with two attached hydrogens (primary N) is 1. The molecule has 0 bridgehead atoms. The summed E-state index contributed by atoms with van der Waals surface area (Å²) in [4.78, 5) is 2.46. The zero-order valence-corrected chi connectivity index (χ0v) is 14.6. The van der Waals surface area contributed by atoms with E-state index in [9.17, 15) is 0 Å². The molecule has 0 aliphatic heterocycles. The normalized spacial score (nSPS) is 24.9. The lowest BCUT2D eigenvalue weighted by Gasteiger charge is -2.38. The average Bonchev–Trinajstić information content (AvgIpc) is 2.42. The Kier molecular flexibility index (Phi) is 5.91. The summed E-state index contributed by atoms with van der Waals surface area (Å²) in [6.07, 6.45) is 5.21. The Balaban J connectivity index is 2.14. The zero-order valence-electron chi connectivity index (χ0n) is 12.3. The number of benzene rings is 1. The van der Waals surface area contributed by atoms with Crippen LogP contribution in [0.2, 0.25) is 5.02 Å². The van der Waals surface area contributed by atoms with E-state index in [-0.39, 0.29) is 6.04 Å². The van der Waals surface area contributed by atoms with E-state index in [1.54, 1.807) is 0 Å². The van der Waals surface area contributed by atoms with Crippen LogP contribution in [0, 0.1) is 5.92 Å². The van der Waals surface area contributed by atoms with Gasteiger partial charge in [-0.1, -0.05) is 40.5 Å². The maximum absolute atomic E-state index is 6.05. The monoisotopic (exact) mass is 358 g/mol. The minimum Gasteiger partial charge on any atom is -0.329 e. The van der Waals surface area contributed by atoms with Gasteiger partial charge in [-0.3, -0.25) is 4.90 Å². The van der Waals surface area contributed by atoms with E-state index in [0.29, 0.717) is 12.6 Å². The molecule has 2 rings (SSSR count). The zero-order chi connectivity index (χ0) is 14.7. The van der Waals surface area contributed by atoms with Crippen molar-refractivity contribution in [2.45, 2.75) is 44.7 Å². The van der Waals surface area contributed by atoms with Gasteiger partial charge < -0.3 is 5.73 Å². The van der Waals surface area contributed by atoms with Gasteiger partial charge in [-0.25, -0.2) is 0 Å². The second-order valence-electron chi connectivity index (χ2n) is 6.00. The third-order valence-electron chi connectivity index (χ3n) is 4.60. The molecule has 1 unspecified atom stereocenters. The van der Waals surface area contributed by atoms with Gasteiger partial charge in [-0.05, 0) is 56.3 Å². The topological polar surface area (TPSA) is 29.3 Å². The number of hydrogen-bond acceptors (Lipinski definition) is 2. The second-order valence-corrected chi connectivity index (χ2v) is 7.29. The predicted octanol–water partition coefficient (Wildman–Crippen LogP) is 4.61. The molecule has 1 saturated carbocycles. The van der Waals surface area contributed by atoms with Gasteiger partial charge in [0, 0.05) is 28.1 Å². The summed E-state index contributed by atoms with van der Waals surface area (Å²) in [5, 5.41) is 0.755. The van der Waals surface area contributed by atoms with Crippen molar-refractivity contribution >= 4 is 27.5 Å². The highest BCUT2D eigenvalue weighted by Gasteiger charge is 2.27. The number of nitrogens with zero attached hydrogens (tertiary/aromatic N) is 1. The van der Waals surface area contributed by atoms with Gasteiger partial charge >= 0.3 is 0 Å². The molecule has 4 heteroatoms. The second kappa shape index (κ2) is 7.26. The summed E-state index contributed by atoms with van der Waals surface area (Å²) in [5.74, 6) is 0.873. The molecule has 0 aromatic heterocycles. The maximum atomic E-state index is 6.05. The molecule has 2 N–H and O–H groups in total. The van der Waals surface area contributed by atoms with Crippen LogP contribution in [0.3, 0.4) is 0 Å². The first-order chi connectivity index (χ1) is 9.52. The van der Waals surface area contributed by atoms with Crippen LogP contribution in [-0.2, 0) is 0 Å². The molecule has 1 aliphatic rings. The number of likely N-dealkylation sites (N-methyl/N-ethyl adjacent to an activating group) is 1. The van der Waals surface area contributed by atoms with Gasteiger partial charge in [0.1, 0.15) is 0 Å². The molecular weight excluding hydrogens is 336 g/mol. The molecule has 0 heterocycles. The average molecular weight is 360 g/mol. The summed E-state index contributed by atoms with van der Waals surface area (Å²) < 4.78 is 1.05. The van der Waals surface area contributed by atoms with E-state index in [2.05, 4.69) is 40.9 Å². The van der Waals surface area contributed by atoms with E-state index in [0.717, 1.165) is 15.4 Å². The first-order valence-corrected chi connectivity index (χ1v) is 8.57.